The fraction of sp³-hybridized carbons (Fsp3) is 0.439. The molecule has 1 aliphatic heterocycles. The summed E-state index contributed by atoms with van der Waals surface area (Å²) in [4.78, 5) is 7.22. The maximum Gasteiger partial charge on any atom is 0.186 e. The number of fused-ring (bicyclic) bond motifs is 2. The number of hydrogen-bond acceptors (Lipinski definition) is 0. The molecule has 0 nitrogen and oxygen atoms in total. The standard InChI is InChI=1S/C21H29S.C18H19S.C14H11S.C13H29S.C11H15S.C3H9S.C2H6/c1-20(2,3)16-8-12-18(13-9-16)22(7)19-14-10-17(11-15-19)21(4,5)6;1-18(2,3)15-8-10-16(11-9-15)19-13-12-14-6-4-5-7-17(14)19;1-2-7-13(8-3-1)15-11-10-12-6-4-5-9-14(12)15;1-4-7-10-13-14(11-8-5-2)12-9-6-3;1-3-7-11(8-4-1)12-9-5-2-6-10-12;1-4(2)3;1-2/h8-15H,1-7H3;4-13H,1-3H3;1-11H;4-13H2,1-3H3;1,3-4,7-8H,2,5-6,9-10H2;1-3H3;1-2H3/q6*+1;. The summed E-state index contributed by atoms with van der Waals surface area (Å²) in [7, 11) is 2.41. The van der Waals surface area contributed by atoms with E-state index in [0.29, 0.717) is 21.8 Å². The van der Waals surface area contributed by atoms with Crippen LogP contribution in [-0.4, -0.2) is 53.8 Å². The lowest BCUT2D eigenvalue weighted by Gasteiger charge is -2.19. The summed E-state index contributed by atoms with van der Waals surface area (Å²) in [6, 6.07) is 70.9. The van der Waals surface area contributed by atoms with Crippen LogP contribution in [0.1, 0.15) is 178 Å². The molecule has 0 N–H and O–H groups in total. The van der Waals surface area contributed by atoms with Gasteiger partial charge in [-0.3, -0.25) is 0 Å². The molecule has 0 aliphatic carbocycles. The van der Waals surface area contributed by atoms with Crippen molar-refractivity contribution >= 4 is 84.7 Å². The Hall–Kier alpha value is -4.14. The van der Waals surface area contributed by atoms with E-state index in [9.17, 15) is 0 Å². The van der Waals surface area contributed by atoms with Gasteiger partial charge in [-0.05, 0) is 185 Å². The van der Waals surface area contributed by atoms with Crippen LogP contribution in [0, 0.1) is 0 Å². The van der Waals surface area contributed by atoms with E-state index in [1.807, 2.05) is 13.8 Å². The molecule has 7 aromatic carbocycles. The molecule has 10 rings (SSSR count). The van der Waals surface area contributed by atoms with Crippen LogP contribution in [0.4, 0.5) is 0 Å². The molecule has 2 unspecified atom stereocenters. The van der Waals surface area contributed by atoms with Crippen LogP contribution in [0.5, 0.6) is 0 Å². The van der Waals surface area contributed by atoms with Gasteiger partial charge in [0.2, 0.25) is 0 Å². The summed E-state index contributed by atoms with van der Waals surface area (Å²) >= 11 is 0. The summed E-state index contributed by atoms with van der Waals surface area (Å²) < 4.78 is 2.90. The van der Waals surface area contributed by atoms with E-state index in [1.54, 1.807) is 4.90 Å². The molecule has 476 valence electrons. The number of hydrogen-bond donors (Lipinski definition) is 0. The number of rotatable bonds is 15. The highest BCUT2D eigenvalue weighted by molar-refractivity contribution is 7.97. The van der Waals surface area contributed by atoms with Crippen molar-refractivity contribution in [1.82, 2.24) is 0 Å². The first kappa shape index (κ1) is 76.3. The SMILES string of the molecule is CC.CC(C)(C)c1ccc(-[s+]2ccc3ccccc32)cc1.CCCCC[S+](CCCC)CCCC.C[S+](C)C.C[S+](c1ccc(C(C)(C)C)cc1)c1ccc(C(C)(C)C)cc1.c1ccc(-[s+]2ccc3ccccc32)cc1.c1ccc([S+]2CCCCC2)cc1. The van der Waals surface area contributed by atoms with Crippen molar-refractivity contribution in [3.8, 4) is 9.79 Å². The van der Waals surface area contributed by atoms with Crippen molar-refractivity contribution in [2.24, 2.45) is 0 Å². The van der Waals surface area contributed by atoms with Crippen LogP contribution in [-0.2, 0) is 59.8 Å². The molecule has 1 fully saturated rings. The van der Waals surface area contributed by atoms with Crippen molar-refractivity contribution in [3.63, 3.8) is 0 Å². The molecule has 2 aromatic heterocycles. The van der Waals surface area contributed by atoms with Crippen molar-refractivity contribution in [1.29, 1.82) is 0 Å². The van der Waals surface area contributed by atoms with Gasteiger partial charge < -0.3 is 0 Å². The molecule has 1 aliphatic rings. The summed E-state index contributed by atoms with van der Waals surface area (Å²) in [5, 5.41) is 7.37. The van der Waals surface area contributed by atoms with Gasteiger partial charge >= 0.3 is 0 Å². The first-order valence-electron chi connectivity index (χ1n) is 33.0. The normalized spacial score (nSPS) is 12.9. The van der Waals surface area contributed by atoms with Crippen LogP contribution in [0.3, 0.4) is 0 Å². The Morgan fingerprint density at radius 1 is 0.352 bits per heavy atom. The Balaban J connectivity index is 0.000000233. The molecular weight excluding hydrogens is 1180 g/mol. The van der Waals surface area contributed by atoms with Crippen molar-refractivity contribution in [2.75, 3.05) is 53.8 Å². The second-order valence-corrected chi connectivity index (χ2v) is 39.0. The molecule has 0 bridgehead atoms. The van der Waals surface area contributed by atoms with E-state index >= 15 is 0 Å². The topological polar surface area (TPSA) is 0 Å². The quantitative estimate of drug-likeness (QED) is 0.0709. The third-order valence-electron chi connectivity index (χ3n) is 15.2. The second kappa shape index (κ2) is 40.7. The zero-order chi connectivity index (χ0) is 64.5. The predicted octanol–water partition coefficient (Wildman–Crippen LogP) is 25.2. The van der Waals surface area contributed by atoms with Crippen LogP contribution in [0.2, 0.25) is 0 Å². The number of benzene rings is 7. The van der Waals surface area contributed by atoms with Gasteiger partial charge in [0.05, 0.1) is 29.7 Å². The van der Waals surface area contributed by atoms with Gasteiger partial charge in [0.25, 0.3) is 0 Å². The fourth-order valence-electron chi connectivity index (χ4n) is 9.84. The minimum Gasteiger partial charge on any atom is -0.0683 e. The van der Waals surface area contributed by atoms with E-state index in [0.717, 1.165) is 10.9 Å². The molecule has 9 aromatic rings. The van der Waals surface area contributed by atoms with Crippen LogP contribution in [0.15, 0.2) is 220 Å². The first-order chi connectivity index (χ1) is 42.1. The minimum atomic E-state index is 0.119. The van der Waals surface area contributed by atoms with Gasteiger partial charge in [0, 0.05) is 54.7 Å². The predicted molar refractivity (Wildman–Crippen MR) is 418 cm³/mol. The third kappa shape index (κ3) is 27.0. The largest absolute Gasteiger partial charge is 0.186 e. The van der Waals surface area contributed by atoms with Crippen molar-refractivity contribution < 1.29 is 0 Å². The minimum absolute atomic E-state index is 0.119. The lowest BCUT2D eigenvalue weighted by molar-refractivity contribution is 0.589. The molecular formula is C82H118S6+6. The van der Waals surface area contributed by atoms with E-state index < -0.39 is 0 Å². The van der Waals surface area contributed by atoms with E-state index in [1.165, 1.54) is 149 Å². The third-order valence-corrected chi connectivity index (χ3v) is 26.3. The van der Waals surface area contributed by atoms with Crippen LogP contribution in [0.25, 0.3) is 30.0 Å². The van der Waals surface area contributed by atoms with Crippen molar-refractivity contribution in [3.05, 3.63) is 222 Å². The summed E-state index contributed by atoms with van der Waals surface area (Å²) in [6.45, 7) is 31.3. The molecule has 88 heavy (non-hydrogen) atoms. The van der Waals surface area contributed by atoms with E-state index in [2.05, 4.69) is 313 Å². The van der Waals surface area contributed by atoms with Gasteiger partial charge in [-0.1, -0.05) is 213 Å². The molecule has 0 radical (unpaired) electrons. The Morgan fingerprint density at radius 3 is 1.06 bits per heavy atom. The Morgan fingerprint density at radius 2 is 0.682 bits per heavy atom. The molecule has 3 heterocycles. The maximum absolute atomic E-state index is 2.33. The molecule has 0 spiro atoms. The fourth-order valence-corrected chi connectivity index (χ4v) is 19.9. The van der Waals surface area contributed by atoms with Gasteiger partial charge in [0.1, 0.15) is 45.8 Å². The summed E-state index contributed by atoms with van der Waals surface area (Å²) in [5.74, 6) is 7.42. The first-order valence-corrected chi connectivity index (χ1v) is 43.0. The average Bonchev–Trinajstić information content (AvgIpc) is 3.93. The number of thiophene rings is 2. The zero-order valence-corrected chi connectivity index (χ0v) is 63.1. The Bertz CT molecular complexity index is 3130. The monoisotopic (exact) mass is 1290 g/mol. The highest BCUT2D eigenvalue weighted by atomic mass is 32.2. The lowest BCUT2D eigenvalue weighted by atomic mass is 9.87. The molecule has 1 saturated heterocycles. The van der Waals surface area contributed by atoms with E-state index in [-0.39, 0.29) is 48.1 Å². The molecule has 6 heteroatoms. The lowest BCUT2D eigenvalue weighted by Crippen LogP contribution is -2.17. The smallest absolute Gasteiger partial charge is 0.0683 e. The van der Waals surface area contributed by atoms with Gasteiger partial charge in [-0.2, -0.15) is 0 Å². The van der Waals surface area contributed by atoms with Gasteiger partial charge in [-0.15, -0.1) is 0 Å². The Kier molecular flexibility index (Phi) is 35.3. The second-order valence-electron chi connectivity index (χ2n) is 26.1. The molecule has 0 amide bonds. The molecule has 2 atom stereocenters. The Labute approximate surface area is 557 Å². The van der Waals surface area contributed by atoms with E-state index in [4.69, 9.17) is 0 Å². The highest BCUT2D eigenvalue weighted by Gasteiger charge is 2.25. The maximum atomic E-state index is 2.33. The summed E-state index contributed by atoms with van der Waals surface area (Å²) in [5.41, 5.74) is 4.87. The zero-order valence-electron chi connectivity index (χ0n) is 58.2. The van der Waals surface area contributed by atoms with Crippen LogP contribution >= 0.6 is 20.9 Å². The highest BCUT2D eigenvalue weighted by Crippen LogP contribution is 2.41. The van der Waals surface area contributed by atoms with Crippen LogP contribution < -0.4 is 0 Å². The number of unbranched alkanes of at least 4 members (excludes halogenated alkanes) is 4. The van der Waals surface area contributed by atoms with Gasteiger partial charge in [-0.25, -0.2) is 0 Å². The summed E-state index contributed by atoms with van der Waals surface area (Å²) in [6.07, 6.45) is 23.2. The molecule has 0 saturated carbocycles. The van der Waals surface area contributed by atoms with Crippen molar-refractivity contribution in [2.45, 2.75) is 192 Å². The average molecular weight is 1300 g/mol. The van der Waals surface area contributed by atoms with Gasteiger partial charge in [0.15, 0.2) is 33.9 Å².